The van der Waals surface area contributed by atoms with Gasteiger partial charge in [-0.2, -0.15) is 0 Å². The van der Waals surface area contributed by atoms with Gasteiger partial charge in [0.05, 0.1) is 12.8 Å². The van der Waals surface area contributed by atoms with E-state index in [1.807, 2.05) is 6.92 Å². The van der Waals surface area contributed by atoms with E-state index >= 15 is 0 Å². The van der Waals surface area contributed by atoms with Crippen LogP contribution in [0.4, 0.5) is 0 Å². The molecule has 0 fully saturated rings. The fraction of sp³-hybridized carbons (Fsp3) is 0.143. The van der Waals surface area contributed by atoms with Crippen molar-refractivity contribution in [1.29, 1.82) is 0 Å². The van der Waals surface area contributed by atoms with Crippen molar-refractivity contribution in [3.63, 3.8) is 0 Å². The molecular formula is C7H3Cl3S4. The highest BCUT2D eigenvalue weighted by Gasteiger charge is 2.26. The van der Waals surface area contributed by atoms with E-state index in [9.17, 15) is 0 Å². The second-order valence-corrected chi connectivity index (χ2v) is 8.97. The van der Waals surface area contributed by atoms with Crippen LogP contribution in [-0.4, -0.2) is 0 Å². The third kappa shape index (κ3) is 2.42. The molecule has 0 spiro atoms. The quantitative estimate of drug-likeness (QED) is 0.528. The molecule has 0 aliphatic carbocycles. The minimum absolute atomic E-state index is 0.654. The summed E-state index contributed by atoms with van der Waals surface area (Å²) in [5.41, 5.74) is 0. The molecule has 0 nitrogen and oxygen atoms in total. The number of rotatable bonds is 0. The Morgan fingerprint density at radius 3 is 1.57 bits per heavy atom. The van der Waals surface area contributed by atoms with E-state index in [4.69, 9.17) is 34.8 Å². The molecule has 2 rings (SSSR count). The minimum Gasteiger partial charge on any atom is -0.0836 e. The summed E-state index contributed by atoms with van der Waals surface area (Å²) in [5.74, 6) is 0. The molecule has 0 aromatic carbocycles. The second-order valence-electron chi connectivity index (χ2n) is 2.36. The summed E-state index contributed by atoms with van der Waals surface area (Å²) in [4.78, 5) is 1.14. The Bertz CT molecular complexity index is 314. The van der Waals surface area contributed by atoms with Crippen LogP contribution in [0.5, 0.6) is 0 Å². The van der Waals surface area contributed by atoms with Crippen LogP contribution in [0.2, 0.25) is 0 Å². The zero-order valence-corrected chi connectivity index (χ0v) is 12.3. The van der Waals surface area contributed by atoms with Crippen molar-refractivity contribution in [3.8, 4) is 0 Å². The molecule has 76 valence electrons. The van der Waals surface area contributed by atoms with Crippen molar-refractivity contribution in [2.24, 2.45) is 0 Å². The first-order chi connectivity index (χ1) is 6.58. The number of allylic oxidation sites excluding steroid dienone is 1. The van der Waals surface area contributed by atoms with Crippen LogP contribution in [0.3, 0.4) is 0 Å². The molecule has 0 bridgehead atoms. The fourth-order valence-electron chi connectivity index (χ4n) is 0.784. The van der Waals surface area contributed by atoms with E-state index in [-0.39, 0.29) is 0 Å². The molecule has 14 heavy (non-hydrogen) atoms. The summed E-state index contributed by atoms with van der Waals surface area (Å²) < 4.78 is 4.46. The van der Waals surface area contributed by atoms with Gasteiger partial charge in [-0.1, -0.05) is 81.9 Å². The Morgan fingerprint density at radius 1 is 0.714 bits per heavy atom. The topological polar surface area (TPSA) is 0 Å². The minimum atomic E-state index is 0.654. The molecule has 7 heteroatoms. The molecule has 2 heterocycles. The molecule has 0 saturated carbocycles. The van der Waals surface area contributed by atoms with Gasteiger partial charge in [-0.05, 0) is 6.92 Å². The molecule has 2 aliphatic heterocycles. The third-order valence-corrected chi connectivity index (χ3v) is 8.28. The predicted molar refractivity (Wildman–Crippen MR) is 74.7 cm³/mol. The van der Waals surface area contributed by atoms with Gasteiger partial charge in [0.15, 0.2) is 0 Å². The Balaban J connectivity index is 2.17. The van der Waals surface area contributed by atoms with Crippen molar-refractivity contribution in [2.75, 3.05) is 0 Å². The summed E-state index contributed by atoms with van der Waals surface area (Å²) in [6.45, 7) is 2.01. The number of thioether (sulfide) groups is 4. The third-order valence-electron chi connectivity index (χ3n) is 1.39. The lowest BCUT2D eigenvalue weighted by molar-refractivity contribution is 1.71. The summed E-state index contributed by atoms with van der Waals surface area (Å²) in [6, 6.07) is 0. The molecule has 0 N–H and O–H groups in total. The molecule has 0 saturated heterocycles. The van der Waals surface area contributed by atoms with Gasteiger partial charge in [-0.15, -0.1) is 0 Å². The van der Waals surface area contributed by atoms with Gasteiger partial charge in [0.1, 0.15) is 8.73 Å². The SMILES string of the molecule is CC1=C(Cl)SC(=C2SC(Cl)=C(Cl)S2)S1. The monoisotopic (exact) mass is 320 g/mol. The van der Waals surface area contributed by atoms with Gasteiger partial charge < -0.3 is 0 Å². The average Bonchev–Trinajstić information content (AvgIpc) is 2.60. The smallest absolute Gasteiger partial charge is 0.0836 e. The standard InChI is InChI=1S/C7H3Cl3S4/c1-2-3(8)12-6(11-2)7-13-4(9)5(10)14-7/h1H3. The van der Waals surface area contributed by atoms with Crippen LogP contribution >= 0.6 is 81.9 Å². The zero-order valence-electron chi connectivity index (χ0n) is 6.77. The molecule has 0 aromatic heterocycles. The van der Waals surface area contributed by atoms with Gasteiger partial charge in [-0.25, -0.2) is 0 Å². The lowest BCUT2D eigenvalue weighted by Gasteiger charge is -1.99. The summed E-state index contributed by atoms with van der Waals surface area (Å²) >= 11 is 24.1. The van der Waals surface area contributed by atoms with Gasteiger partial charge >= 0.3 is 0 Å². The highest BCUT2D eigenvalue weighted by Crippen LogP contribution is 2.61. The maximum Gasteiger partial charge on any atom is 0.104 e. The predicted octanol–water partition coefficient (Wildman–Crippen LogP) is 6.11. The van der Waals surface area contributed by atoms with E-state index in [0.717, 1.165) is 13.5 Å². The van der Waals surface area contributed by atoms with Gasteiger partial charge in [0.2, 0.25) is 0 Å². The normalized spacial score (nSPS) is 23.1. The molecule has 2 aliphatic rings. The lowest BCUT2D eigenvalue weighted by atomic mass is 10.7. The number of hydrogen-bond donors (Lipinski definition) is 0. The molecule has 0 unspecified atom stereocenters. The summed E-state index contributed by atoms with van der Waals surface area (Å²) in [7, 11) is 0. The maximum atomic E-state index is 6.00. The lowest BCUT2D eigenvalue weighted by Crippen LogP contribution is -1.65. The first-order valence-corrected chi connectivity index (χ1v) is 7.85. The van der Waals surface area contributed by atoms with Gasteiger partial charge in [0.25, 0.3) is 0 Å². The Morgan fingerprint density at radius 2 is 1.14 bits per heavy atom. The van der Waals surface area contributed by atoms with Crippen LogP contribution in [0, 0.1) is 0 Å². The van der Waals surface area contributed by atoms with Crippen molar-refractivity contribution in [1.82, 2.24) is 0 Å². The Labute approximate surface area is 114 Å². The van der Waals surface area contributed by atoms with Gasteiger partial charge in [-0.3, -0.25) is 0 Å². The summed E-state index contributed by atoms with van der Waals surface area (Å²) in [6.07, 6.45) is 0. The van der Waals surface area contributed by atoms with E-state index in [0.29, 0.717) is 8.73 Å². The van der Waals surface area contributed by atoms with Crippen molar-refractivity contribution >= 4 is 81.9 Å². The van der Waals surface area contributed by atoms with Crippen LogP contribution in [0.25, 0.3) is 0 Å². The fourth-order valence-corrected chi connectivity index (χ4v) is 6.68. The van der Waals surface area contributed by atoms with Crippen LogP contribution in [0.1, 0.15) is 6.92 Å². The van der Waals surface area contributed by atoms with E-state index in [2.05, 4.69) is 0 Å². The second kappa shape index (κ2) is 4.78. The first kappa shape index (κ1) is 12.0. The van der Waals surface area contributed by atoms with Crippen molar-refractivity contribution in [2.45, 2.75) is 6.92 Å². The van der Waals surface area contributed by atoms with Crippen LogP contribution in [0.15, 0.2) is 26.5 Å². The molecule has 0 atom stereocenters. The average molecular weight is 322 g/mol. The first-order valence-electron chi connectivity index (χ1n) is 3.45. The largest absolute Gasteiger partial charge is 0.104 e. The van der Waals surface area contributed by atoms with E-state index in [1.54, 1.807) is 23.5 Å². The zero-order chi connectivity index (χ0) is 10.3. The van der Waals surface area contributed by atoms with E-state index < -0.39 is 0 Å². The highest BCUT2D eigenvalue weighted by molar-refractivity contribution is 8.35. The van der Waals surface area contributed by atoms with E-state index in [1.165, 1.54) is 27.8 Å². The maximum absolute atomic E-state index is 6.00. The Hall–Kier alpha value is 1.49. The Kier molecular flexibility index (Phi) is 4.08. The number of halogens is 3. The number of hydrogen-bond acceptors (Lipinski definition) is 4. The molecule has 0 radical (unpaired) electrons. The molecular weight excluding hydrogens is 319 g/mol. The van der Waals surface area contributed by atoms with Crippen LogP contribution < -0.4 is 0 Å². The molecule has 0 amide bonds. The molecule has 0 aromatic rings. The summed E-state index contributed by atoms with van der Waals surface area (Å²) in [5, 5.41) is 0. The highest BCUT2D eigenvalue weighted by atomic mass is 35.5. The van der Waals surface area contributed by atoms with Crippen molar-refractivity contribution < 1.29 is 0 Å². The van der Waals surface area contributed by atoms with Gasteiger partial charge in [0, 0.05) is 4.91 Å². The van der Waals surface area contributed by atoms with Crippen LogP contribution in [-0.2, 0) is 0 Å². The van der Waals surface area contributed by atoms with Crippen molar-refractivity contribution in [3.05, 3.63) is 26.5 Å².